The van der Waals surface area contributed by atoms with Crippen LogP contribution in [0.2, 0.25) is 0 Å². The molecular formula is C17H17NO. The molecule has 0 unspecified atom stereocenters. The fourth-order valence-corrected chi connectivity index (χ4v) is 2.00. The lowest BCUT2D eigenvalue weighted by Gasteiger charge is -2.14. The van der Waals surface area contributed by atoms with Gasteiger partial charge in [0.2, 0.25) is 0 Å². The van der Waals surface area contributed by atoms with Crippen LogP contribution >= 0.6 is 0 Å². The van der Waals surface area contributed by atoms with E-state index in [-0.39, 0.29) is 11.8 Å². The van der Waals surface area contributed by atoms with E-state index >= 15 is 0 Å². The molecule has 0 saturated heterocycles. The van der Waals surface area contributed by atoms with E-state index in [0.717, 1.165) is 17.1 Å². The van der Waals surface area contributed by atoms with Gasteiger partial charge in [-0.2, -0.15) is 5.26 Å². The molecule has 0 aliphatic carbocycles. The summed E-state index contributed by atoms with van der Waals surface area (Å²) in [7, 11) is 0. The number of rotatable bonds is 4. The maximum absolute atomic E-state index is 9.24. The molecule has 0 saturated carbocycles. The zero-order valence-electron chi connectivity index (χ0n) is 11.2. The molecule has 2 aromatic rings. The van der Waals surface area contributed by atoms with Crippen LogP contribution in [-0.4, -0.2) is 0 Å². The van der Waals surface area contributed by atoms with Crippen LogP contribution < -0.4 is 4.74 Å². The Morgan fingerprint density at radius 3 is 2.26 bits per heavy atom. The van der Waals surface area contributed by atoms with Crippen LogP contribution in [0.1, 0.15) is 25.3 Å². The summed E-state index contributed by atoms with van der Waals surface area (Å²) in [5, 5.41) is 9.24. The minimum Gasteiger partial charge on any atom is -0.457 e. The molecule has 2 nitrogen and oxygen atoms in total. The Morgan fingerprint density at radius 1 is 0.947 bits per heavy atom. The summed E-state index contributed by atoms with van der Waals surface area (Å²) in [5.41, 5.74) is 1.01. The first-order valence-corrected chi connectivity index (χ1v) is 6.43. The average Bonchev–Trinajstić information content (AvgIpc) is 2.41. The third-order valence-electron chi connectivity index (χ3n) is 3.00. The molecule has 96 valence electrons. The lowest BCUT2D eigenvalue weighted by molar-refractivity contribution is 0.480. The monoisotopic (exact) mass is 251 g/mol. The zero-order valence-corrected chi connectivity index (χ0v) is 11.2. The fraction of sp³-hybridized carbons (Fsp3) is 0.235. The van der Waals surface area contributed by atoms with Crippen LogP contribution in [0.4, 0.5) is 0 Å². The largest absolute Gasteiger partial charge is 0.457 e. The average molecular weight is 251 g/mol. The molecule has 0 aromatic heterocycles. The summed E-state index contributed by atoms with van der Waals surface area (Å²) in [6.45, 7) is 4.11. The van der Waals surface area contributed by atoms with Crippen LogP contribution in [0, 0.1) is 17.2 Å². The lowest BCUT2D eigenvalue weighted by atomic mass is 9.90. The standard InChI is InChI=1S/C17H17NO/c1-13(2)17(12-18)14-7-6-10-16(11-14)19-15-8-4-3-5-9-15/h3-11,13,17H,1-2H3/t17-/m0/s1. The molecule has 0 fully saturated rings. The van der Waals surface area contributed by atoms with Crippen molar-refractivity contribution in [3.8, 4) is 17.6 Å². The van der Waals surface area contributed by atoms with E-state index in [9.17, 15) is 5.26 Å². The fourth-order valence-electron chi connectivity index (χ4n) is 2.00. The third-order valence-corrected chi connectivity index (χ3v) is 3.00. The van der Waals surface area contributed by atoms with Gasteiger partial charge in [0.15, 0.2) is 0 Å². The maximum atomic E-state index is 9.24. The molecule has 0 N–H and O–H groups in total. The predicted molar refractivity (Wildman–Crippen MR) is 76.2 cm³/mol. The van der Waals surface area contributed by atoms with Crippen molar-refractivity contribution >= 4 is 0 Å². The highest BCUT2D eigenvalue weighted by Crippen LogP contribution is 2.28. The topological polar surface area (TPSA) is 33.0 Å². The minimum absolute atomic E-state index is 0.0978. The van der Waals surface area contributed by atoms with E-state index in [2.05, 4.69) is 19.9 Å². The van der Waals surface area contributed by atoms with Crippen molar-refractivity contribution < 1.29 is 4.74 Å². The van der Waals surface area contributed by atoms with Crippen molar-refractivity contribution in [1.82, 2.24) is 0 Å². The molecule has 1 atom stereocenters. The van der Waals surface area contributed by atoms with Gasteiger partial charge >= 0.3 is 0 Å². The van der Waals surface area contributed by atoms with Gasteiger partial charge in [-0.3, -0.25) is 0 Å². The highest BCUT2D eigenvalue weighted by molar-refractivity contribution is 5.37. The molecule has 0 aliphatic heterocycles. The van der Waals surface area contributed by atoms with Gasteiger partial charge in [-0.1, -0.05) is 44.2 Å². The Balaban J connectivity index is 2.23. The number of benzene rings is 2. The Morgan fingerprint density at radius 2 is 1.63 bits per heavy atom. The van der Waals surface area contributed by atoms with Crippen molar-refractivity contribution in [2.24, 2.45) is 5.92 Å². The van der Waals surface area contributed by atoms with Crippen LogP contribution in [0.15, 0.2) is 54.6 Å². The summed E-state index contributed by atoms with van der Waals surface area (Å²) in [6, 6.07) is 19.8. The molecule has 0 spiro atoms. The SMILES string of the molecule is CC(C)[C@H](C#N)c1cccc(Oc2ccccc2)c1. The van der Waals surface area contributed by atoms with E-state index in [0.29, 0.717) is 0 Å². The normalized spacial score (nSPS) is 11.9. The number of hydrogen-bond donors (Lipinski definition) is 0. The van der Waals surface area contributed by atoms with Gasteiger partial charge in [0.25, 0.3) is 0 Å². The van der Waals surface area contributed by atoms with Crippen LogP contribution in [0.25, 0.3) is 0 Å². The highest BCUT2D eigenvalue weighted by Gasteiger charge is 2.15. The molecule has 0 heterocycles. The summed E-state index contributed by atoms with van der Waals surface area (Å²) in [5.74, 6) is 1.76. The summed E-state index contributed by atoms with van der Waals surface area (Å²) in [4.78, 5) is 0. The zero-order chi connectivity index (χ0) is 13.7. The molecule has 0 amide bonds. The predicted octanol–water partition coefficient (Wildman–Crippen LogP) is 4.74. The van der Waals surface area contributed by atoms with E-state index in [1.165, 1.54) is 0 Å². The molecule has 0 bridgehead atoms. The smallest absolute Gasteiger partial charge is 0.127 e. The van der Waals surface area contributed by atoms with E-state index in [1.54, 1.807) is 0 Å². The van der Waals surface area contributed by atoms with Crippen molar-refractivity contribution in [1.29, 1.82) is 5.26 Å². The number of ether oxygens (including phenoxy) is 1. The summed E-state index contributed by atoms with van der Waals surface area (Å²) >= 11 is 0. The number of hydrogen-bond acceptors (Lipinski definition) is 2. The Hall–Kier alpha value is -2.27. The Bertz CT molecular complexity index is 569. The van der Waals surface area contributed by atoms with Gasteiger partial charge in [0, 0.05) is 0 Å². The second-order valence-electron chi connectivity index (χ2n) is 4.84. The van der Waals surface area contributed by atoms with Crippen molar-refractivity contribution in [3.05, 3.63) is 60.2 Å². The van der Waals surface area contributed by atoms with Crippen molar-refractivity contribution in [2.45, 2.75) is 19.8 Å². The van der Waals surface area contributed by atoms with E-state index in [1.807, 2.05) is 54.6 Å². The Labute approximate surface area is 114 Å². The molecule has 0 aliphatic rings. The van der Waals surface area contributed by atoms with Gasteiger partial charge in [0.05, 0.1) is 12.0 Å². The third kappa shape index (κ3) is 3.35. The molecule has 0 radical (unpaired) electrons. The molecular weight excluding hydrogens is 234 g/mol. The first-order chi connectivity index (χ1) is 9.20. The molecule has 2 heteroatoms. The van der Waals surface area contributed by atoms with Gasteiger partial charge < -0.3 is 4.74 Å². The molecule has 2 aromatic carbocycles. The lowest BCUT2D eigenvalue weighted by Crippen LogP contribution is -2.03. The van der Waals surface area contributed by atoms with Crippen LogP contribution in [0.5, 0.6) is 11.5 Å². The van der Waals surface area contributed by atoms with Crippen molar-refractivity contribution in [3.63, 3.8) is 0 Å². The summed E-state index contributed by atoms with van der Waals surface area (Å²) < 4.78 is 5.78. The molecule has 2 rings (SSSR count). The van der Waals surface area contributed by atoms with Crippen molar-refractivity contribution in [2.75, 3.05) is 0 Å². The van der Waals surface area contributed by atoms with E-state index in [4.69, 9.17) is 4.74 Å². The van der Waals surface area contributed by atoms with Gasteiger partial charge in [-0.05, 0) is 35.7 Å². The Kier molecular flexibility index (Phi) is 4.20. The van der Waals surface area contributed by atoms with Gasteiger partial charge in [-0.15, -0.1) is 0 Å². The maximum Gasteiger partial charge on any atom is 0.127 e. The number of para-hydroxylation sites is 1. The molecule has 19 heavy (non-hydrogen) atoms. The van der Waals surface area contributed by atoms with Gasteiger partial charge in [0.1, 0.15) is 11.5 Å². The quantitative estimate of drug-likeness (QED) is 0.786. The minimum atomic E-state index is -0.0978. The summed E-state index contributed by atoms with van der Waals surface area (Å²) in [6.07, 6.45) is 0. The van der Waals surface area contributed by atoms with E-state index < -0.39 is 0 Å². The van der Waals surface area contributed by atoms with Crippen LogP contribution in [-0.2, 0) is 0 Å². The number of nitrogens with zero attached hydrogens (tertiary/aromatic N) is 1. The van der Waals surface area contributed by atoms with Gasteiger partial charge in [-0.25, -0.2) is 0 Å². The highest BCUT2D eigenvalue weighted by atomic mass is 16.5. The number of nitriles is 1. The first-order valence-electron chi connectivity index (χ1n) is 6.43. The first kappa shape index (κ1) is 13.2. The second-order valence-corrected chi connectivity index (χ2v) is 4.84. The van der Waals surface area contributed by atoms with Crippen LogP contribution in [0.3, 0.4) is 0 Å². The second kappa shape index (κ2) is 6.06.